The highest BCUT2D eigenvalue weighted by atomic mass is 32.1. The molecule has 0 bridgehead atoms. The first-order valence-electron chi connectivity index (χ1n) is 5.24. The van der Waals surface area contributed by atoms with Gasteiger partial charge >= 0.3 is 0 Å². The molecule has 1 amide bonds. The van der Waals surface area contributed by atoms with Gasteiger partial charge in [0.05, 0.1) is 11.5 Å². The number of carbonyl (C=O) groups excluding carboxylic acids is 1. The van der Waals surface area contributed by atoms with E-state index in [1.807, 2.05) is 6.07 Å². The number of hydrogen-bond donors (Lipinski definition) is 2. The molecule has 0 fully saturated rings. The van der Waals surface area contributed by atoms with Gasteiger partial charge in [-0.2, -0.15) is 0 Å². The van der Waals surface area contributed by atoms with Crippen LogP contribution in [0.3, 0.4) is 0 Å². The van der Waals surface area contributed by atoms with Crippen LogP contribution in [0.1, 0.15) is 33.5 Å². The van der Waals surface area contributed by atoms with E-state index in [1.54, 1.807) is 18.3 Å². The van der Waals surface area contributed by atoms with Crippen LogP contribution in [0, 0.1) is 0 Å². The number of amides is 1. The molecule has 15 heavy (non-hydrogen) atoms. The Bertz CT molecular complexity index is 351. The second kappa shape index (κ2) is 4.33. The quantitative estimate of drug-likeness (QED) is 0.815. The summed E-state index contributed by atoms with van der Waals surface area (Å²) in [6.07, 6.45) is 3.44. The van der Waals surface area contributed by atoms with E-state index in [1.165, 1.54) is 16.9 Å². The summed E-state index contributed by atoms with van der Waals surface area (Å²) in [5.74, 6) is -0.0593. The summed E-state index contributed by atoms with van der Waals surface area (Å²) in [4.78, 5) is 13.8. The molecule has 1 aliphatic carbocycles. The Morgan fingerprint density at radius 2 is 2.47 bits per heavy atom. The minimum Gasteiger partial charge on any atom is -0.394 e. The number of aliphatic hydroxyl groups excluding tert-OH is 1. The number of aryl methyl sites for hydroxylation is 2. The van der Waals surface area contributed by atoms with Gasteiger partial charge in [0.15, 0.2) is 0 Å². The highest BCUT2D eigenvalue weighted by molar-refractivity contribution is 7.14. The average Bonchev–Trinajstić information content (AvgIpc) is 2.76. The van der Waals surface area contributed by atoms with E-state index in [4.69, 9.17) is 5.11 Å². The van der Waals surface area contributed by atoms with Gasteiger partial charge < -0.3 is 10.4 Å². The summed E-state index contributed by atoms with van der Waals surface area (Å²) in [6.45, 7) is 1.77. The molecule has 3 nitrogen and oxygen atoms in total. The molecule has 2 N–H and O–H groups in total. The minimum absolute atomic E-state index is 0.0170. The van der Waals surface area contributed by atoms with Crippen molar-refractivity contribution in [2.45, 2.75) is 32.2 Å². The topological polar surface area (TPSA) is 49.3 Å². The third-order valence-electron chi connectivity index (χ3n) is 2.62. The SMILES string of the molecule is C[C@H](CO)NC(=O)c1cc2c(s1)CCC2. The van der Waals surface area contributed by atoms with Crippen molar-refractivity contribution in [2.24, 2.45) is 0 Å². The highest BCUT2D eigenvalue weighted by Gasteiger charge is 2.18. The van der Waals surface area contributed by atoms with Crippen LogP contribution in [0.25, 0.3) is 0 Å². The van der Waals surface area contributed by atoms with Crippen LogP contribution in [0.2, 0.25) is 0 Å². The Morgan fingerprint density at radius 1 is 1.67 bits per heavy atom. The monoisotopic (exact) mass is 225 g/mol. The van der Waals surface area contributed by atoms with Crippen LogP contribution in [0.4, 0.5) is 0 Å². The first-order chi connectivity index (χ1) is 7.20. The molecule has 0 saturated carbocycles. The molecule has 0 spiro atoms. The van der Waals surface area contributed by atoms with E-state index in [9.17, 15) is 4.79 Å². The first-order valence-corrected chi connectivity index (χ1v) is 6.05. The fourth-order valence-corrected chi connectivity index (χ4v) is 2.94. The first kappa shape index (κ1) is 10.6. The molecule has 1 aliphatic rings. The fourth-order valence-electron chi connectivity index (χ4n) is 1.78. The van der Waals surface area contributed by atoms with Crippen molar-refractivity contribution < 1.29 is 9.90 Å². The summed E-state index contributed by atoms with van der Waals surface area (Å²) in [5, 5.41) is 11.6. The van der Waals surface area contributed by atoms with Gasteiger partial charge in [0.1, 0.15) is 0 Å². The lowest BCUT2D eigenvalue weighted by Gasteiger charge is -2.08. The molecule has 2 rings (SSSR count). The van der Waals surface area contributed by atoms with Gasteiger partial charge in [0.2, 0.25) is 0 Å². The highest BCUT2D eigenvalue weighted by Crippen LogP contribution is 2.30. The maximum Gasteiger partial charge on any atom is 0.261 e. The van der Waals surface area contributed by atoms with Crippen LogP contribution in [0.5, 0.6) is 0 Å². The van der Waals surface area contributed by atoms with Crippen LogP contribution >= 0.6 is 11.3 Å². The molecule has 0 unspecified atom stereocenters. The molecular weight excluding hydrogens is 210 g/mol. The van der Waals surface area contributed by atoms with E-state index in [0.29, 0.717) is 0 Å². The molecule has 1 aromatic rings. The van der Waals surface area contributed by atoms with Gasteiger partial charge in [-0.25, -0.2) is 0 Å². The number of nitrogens with one attached hydrogen (secondary N) is 1. The summed E-state index contributed by atoms with van der Waals surface area (Å²) in [6, 6.07) is 1.82. The van der Waals surface area contributed by atoms with Gasteiger partial charge in [0, 0.05) is 10.9 Å². The lowest BCUT2D eigenvalue weighted by molar-refractivity contribution is 0.0926. The maximum atomic E-state index is 11.7. The Labute approximate surface area is 93.1 Å². The normalized spacial score (nSPS) is 16.1. The van der Waals surface area contributed by atoms with E-state index in [0.717, 1.165) is 17.7 Å². The van der Waals surface area contributed by atoms with E-state index in [2.05, 4.69) is 5.32 Å². The molecule has 1 heterocycles. The zero-order valence-corrected chi connectivity index (χ0v) is 9.56. The average molecular weight is 225 g/mol. The Kier molecular flexibility index (Phi) is 3.07. The fraction of sp³-hybridized carbons (Fsp3) is 0.545. The van der Waals surface area contributed by atoms with Crippen molar-refractivity contribution in [3.05, 3.63) is 21.4 Å². The zero-order valence-electron chi connectivity index (χ0n) is 8.75. The van der Waals surface area contributed by atoms with Crippen LogP contribution in [-0.4, -0.2) is 23.7 Å². The molecule has 0 aromatic carbocycles. The second-order valence-electron chi connectivity index (χ2n) is 3.97. The minimum atomic E-state index is -0.172. The number of carbonyl (C=O) groups is 1. The lowest BCUT2D eigenvalue weighted by Crippen LogP contribution is -2.34. The third-order valence-corrected chi connectivity index (χ3v) is 3.86. The number of thiophene rings is 1. The number of aliphatic hydroxyl groups is 1. The summed E-state index contributed by atoms with van der Waals surface area (Å²) < 4.78 is 0. The van der Waals surface area contributed by atoms with Crippen LogP contribution < -0.4 is 5.32 Å². The molecular formula is C11H15NO2S. The predicted octanol–water partition coefficient (Wildman–Crippen LogP) is 1.35. The number of rotatable bonds is 3. The standard InChI is InChI=1S/C11H15NO2S/c1-7(6-13)12-11(14)10-5-8-3-2-4-9(8)15-10/h5,7,13H,2-4,6H2,1H3,(H,12,14)/t7-/m1/s1. The van der Waals surface area contributed by atoms with Gasteiger partial charge in [0.25, 0.3) is 5.91 Å². The van der Waals surface area contributed by atoms with Gasteiger partial charge in [-0.15, -0.1) is 11.3 Å². The Hall–Kier alpha value is -0.870. The summed E-state index contributed by atoms with van der Waals surface area (Å²) in [5.41, 5.74) is 1.34. The van der Waals surface area contributed by atoms with Crippen molar-refractivity contribution in [3.63, 3.8) is 0 Å². The van der Waals surface area contributed by atoms with Crippen molar-refractivity contribution in [2.75, 3.05) is 6.61 Å². The second-order valence-corrected chi connectivity index (χ2v) is 5.11. The van der Waals surface area contributed by atoms with Crippen molar-refractivity contribution >= 4 is 17.2 Å². The molecule has 0 radical (unpaired) electrons. The molecule has 0 saturated heterocycles. The van der Waals surface area contributed by atoms with Gasteiger partial charge in [-0.3, -0.25) is 4.79 Å². The van der Waals surface area contributed by atoms with Crippen LogP contribution in [0.15, 0.2) is 6.07 Å². The lowest BCUT2D eigenvalue weighted by atomic mass is 10.2. The molecule has 82 valence electrons. The van der Waals surface area contributed by atoms with Crippen molar-refractivity contribution in [1.82, 2.24) is 5.32 Å². The van der Waals surface area contributed by atoms with Crippen LogP contribution in [-0.2, 0) is 12.8 Å². The molecule has 1 aromatic heterocycles. The van der Waals surface area contributed by atoms with E-state index < -0.39 is 0 Å². The third kappa shape index (κ3) is 2.21. The Balaban J connectivity index is 2.06. The Morgan fingerprint density at radius 3 is 3.13 bits per heavy atom. The molecule has 4 heteroatoms. The van der Waals surface area contributed by atoms with Crippen molar-refractivity contribution in [3.8, 4) is 0 Å². The number of hydrogen-bond acceptors (Lipinski definition) is 3. The van der Waals surface area contributed by atoms with Gasteiger partial charge in [-0.1, -0.05) is 0 Å². The molecule has 0 aliphatic heterocycles. The maximum absolute atomic E-state index is 11.7. The largest absolute Gasteiger partial charge is 0.394 e. The molecule has 1 atom stereocenters. The smallest absolute Gasteiger partial charge is 0.261 e. The zero-order chi connectivity index (χ0) is 10.8. The van der Waals surface area contributed by atoms with Crippen molar-refractivity contribution in [1.29, 1.82) is 0 Å². The van der Waals surface area contributed by atoms with E-state index >= 15 is 0 Å². The van der Waals surface area contributed by atoms with E-state index in [-0.39, 0.29) is 18.6 Å². The predicted molar refractivity (Wildman–Crippen MR) is 60.4 cm³/mol. The number of fused-ring (bicyclic) bond motifs is 1. The van der Waals surface area contributed by atoms with Gasteiger partial charge in [-0.05, 0) is 37.8 Å². The summed E-state index contributed by atoms with van der Waals surface area (Å²) >= 11 is 1.59. The summed E-state index contributed by atoms with van der Waals surface area (Å²) in [7, 11) is 0.